The lowest BCUT2D eigenvalue weighted by molar-refractivity contribution is 0.199. The molecule has 0 radical (unpaired) electrons. The van der Waals surface area contributed by atoms with Crippen LogP contribution in [0.5, 0.6) is 0 Å². The summed E-state index contributed by atoms with van der Waals surface area (Å²) in [7, 11) is 0. The van der Waals surface area contributed by atoms with Gasteiger partial charge in [-0.1, -0.05) is 66.4 Å². The van der Waals surface area contributed by atoms with Gasteiger partial charge in [0.1, 0.15) is 0 Å². The number of piperidine rings is 1. The van der Waals surface area contributed by atoms with Gasteiger partial charge in [-0.05, 0) is 29.9 Å². The minimum absolute atomic E-state index is 0.562. The molecule has 1 fully saturated rings. The van der Waals surface area contributed by atoms with Crippen molar-refractivity contribution >= 4 is 33.2 Å². The fraction of sp³-hybridized carbons (Fsp3) is 0.625. The zero-order valence-corrected chi connectivity index (χ0v) is 14.2. The molecular weight excluding hydrogens is 322 g/mol. The van der Waals surface area contributed by atoms with Crippen LogP contribution in [-0.2, 0) is 5.33 Å². The second kappa shape index (κ2) is 6.49. The maximum absolute atomic E-state index is 6.42. The Balaban J connectivity index is 2.18. The molecule has 1 aromatic carbocycles. The van der Waals surface area contributed by atoms with Crippen LogP contribution in [0, 0.1) is 5.41 Å². The molecule has 0 aliphatic carbocycles. The molecule has 1 aliphatic heterocycles. The molecule has 0 saturated carbocycles. The molecular formula is C16H23BrClN. The van der Waals surface area contributed by atoms with Gasteiger partial charge in [-0.15, -0.1) is 0 Å². The quantitative estimate of drug-likeness (QED) is 0.639. The van der Waals surface area contributed by atoms with Gasteiger partial charge in [0.15, 0.2) is 0 Å². The van der Waals surface area contributed by atoms with E-state index in [1.54, 1.807) is 0 Å². The van der Waals surface area contributed by atoms with Crippen LogP contribution >= 0.6 is 27.5 Å². The van der Waals surface area contributed by atoms with Crippen LogP contribution < -0.4 is 4.90 Å². The minimum Gasteiger partial charge on any atom is -0.370 e. The number of anilines is 1. The maximum atomic E-state index is 6.42. The first-order valence-electron chi connectivity index (χ1n) is 7.24. The summed E-state index contributed by atoms with van der Waals surface area (Å²) in [6, 6.07) is 6.21. The molecule has 2 rings (SSSR count). The molecule has 0 bridgehead atoms. The SMILES string of the molecule is CCC1(CC)CCN(c2c(Cl)cccc2CBr)CC1. The summed E-state index contributed by atoms with van der Waals surface area (Å²) in [6.45, 7) is 6.92. The molecule has 106 valence electrons. The highest BCUT2D eigenvalue weighted by molar-refractivity contribution is 9.08. The number of rotatable bonds is 4. The summed E-state index contributed by atoms with van der Waals surface area (Å²) in [5.41, 5.74) is 3.10. The van der Waals surface area contributed by atoms with Crippen LogP contribution in [0.1, 0.15) is 45.1 Å². The third-order valence-electron chi connectivity index (χ3n) is 4.85. The van der Waals surface area contributed by atoms with E-state index in [-0.39, 0.29) is 0 Å². The first kappa shape index (κ1) is 15.2. The Morgan fingerprint density at radius 3 is 2.37 bits per heavy atom. The molecule has 0 atom stereocenters. The Hall–Kier alpha value is -0.210. The summed E-state index contributed by atoms with van der Waals surface area (Å²) >= 11 is 9.99. The van der Waals surface area contributed by atoms with Gasteiger partial charge in [-0.2, -0.15) is 0 Å². The third-order valence-corrected chi connectivity index (χ3v) is 5.76. The minimum atomic E-state index is 0.562. The van der Waals surface area contributed by atoms with E-state index >= 15 is 0 Å². The number of hydrogen-bond donors (Lipinski definition) is 0. The molecule has 1 saturated heterocycles. The highest BCUT2D eigenvalue weighted by Gasteiger charge is 2.32. The molecule has 0 unspecified atom stereocenters. The lowest BCUT2D eigenvalue weighted by Crippen LogP contribution is -2.40. The van der Waals surface area contributed by atoms with Crippen molar-refractivity contribution in [1.29, 1.82) is 0 Å². The van der Waals surface area contributed by atoms with Crippen molar-refractivity contribution in [3.05, 3.63) is 28.8 Å². The van der Waals surface area contributed by atoms with E-state index in [1.807, 2.05) is 12.1 Å². The topological polar surface area (TPSA) is 3.24 Å². The molecule has 0 spiro atoms. The van der Waals surface area contributed by atoms with Gasteiger partial charge >= 0.3 is 0 Å². The highest BCUT2D eigenvalue weighted by atomic mass is 79.9. The van der Waals surface area contributed by atoms with E-state index < -0.39 is 0 Å². The monoisotopic (exact) mass is 343 g/mol. The fourth-order valence-electron chi connectivity index (χ4n) is 3.18. The van der Waals surface area contributed by atoms with Crippen LogP contribution in [0.3, 0.4) is 0 Å². The third kappa shape index (κ3) is 3.11. The van der Waals surface area contributed by atoms with Crippen molar-refractivity contribution < 1.29 is 0 Å². The average Bonchev–Trinajstić information content (AvgIpc) is 2.47. The van der Waals surface area contributed by atoms with E-state index in [4.69, 9.17) is 11.6 Å². The maximum Gasteiger partial charge on any atom is 0.0642 e. The zero-order valence-electron chi connectivity index (χ0n) is 11.9. The smallest absolute Gasteiger partial charge is 0.0642 e. The summed E-state index contributed by atoms with van der Waals surface area (Å²) in [5, 5.41) is 1.75. The van der Waals surface area contributed by atoms with E-state index in [0.29, 0.717) is 5.41 Å². The van der Waals surface area contributed by atoms with Crippen LogP contribution in [-0.4, -0.2) is 13.1 Å². The predicted octanol–water partition coefficient (Wildman–Crippen LogP) is 5.64. The van der Waals surface area contributed by atoms with Gasteiger partial charge < -0.3 is 4.90 Å². The molecule has 1 nitrogen and oxygen atoms in total. The Bertz CT molecular complexity index is 419. The predicted molar refractivity (Wildman–Crippen MR) is 88.5 cm³/mol. The first-order valence-corrected chi connectivity index (χ1v) is 8.74. The zero-order chi connectivity index (χ0) is 13.9. The summed E-state index contributed by atoms with van der Waals surface area (Å²) in [4.78, 5) is 2.47. The number of halogens is 2. The summed E-state index contributed by atoms with van der Waals surface area (Å²) in [6.07, 6.45) is 5.16. The summed E-state index contributed by atoms with van der Waals surface area (Å²) in [5.74, 6) is 0. The van der Waals surface area contributed by atoms with E-state index in [1.165, 1.54) is 36.9 Å². The molecule has 1 aliphatic rings. The molecule has 3 heteroatoms. The first-order chi connectivity index (χ1) is 9.15. The number of benzene rings is 1. The second-order valence-electron chi connectivity index (χ2n) is 5.58. The van der Waals surface area contributed by atoms with Crippen LogP contribution in [0.25, 0.3) is 0 Å². The van der Waals surface area contributed by atoms with Crippen molar-refractivity contribution in [3.63, 3.8) is 0 Å². The van der Waals surface area contributed by atoms with Gasteiger partial charge in [0.2, 0.25) is 0 Å². The molecule has 0 aromatic heterocycles. The lowest BCUT2D eigenvalue weighted by Gasteiger charge is -2.42. The molecule has 1 aromatic rings. The fourth-order valence-corrected chi connectivity index (χ4v) is 3.95. The van der Waals surface area contributed by atoms with Crippen molar-refractivity contribution in [1.82, 2.24) is 0 Å². The van der Waals surface area contributed by atoms with Gasteiger partial charge in [-0.3, -0.25) is 0 Å². The van der Waals surface area contributed by atoms with E-state index in [2.05, 4.69) is 40.7 Å². The van der Waals surface area contributed by atoms with Crippen LogP contribution in [0.15, 0.2) is 18.2 Å². The Morgan fingerprint density at radius 1 is 1.21 bits per heavy atom. The average molecular weight is 345 g/mol. The lowest BCUT2D eigenvalue weighted by atomic mass is 9.74. The highest BCUT2D eigenvalue weighted by Crippen LogP contribution is 2.41. The van der Waals surface area contributed by atoms with Crippen molar-refractivity contribution in [2.75, 3.05) is 18.0 Å². The van der Waals surface area contributed by atoms with Gasteiger partial charge in [0.05, 0.1) is 10.7 Å². The van der Waals surface area contributed by atoms with Crippen molar-refractivity contribution in [3.8, 4) is 0 Å². The van der Waals surface area contributed by atoms with Gasteiger partial charge in [-0.25, -0.2) is 0 Å². The van der Waals surface area contributed by atoms with Crippen molar-refractivity contribution in [2.45, 2.75) is 44.9 Å². The number of nitrogens with zero attached hydrogens (tertiary/aromatic N) is 1. The second-order valence-corrected chi connectivity index (χ2v) is 6.54. The molecule has 19 heavy (non-hydrogen) atoms. The van der Waals surface area contributed by atoms with Gasteiger partial charge in [0, 0.05) is 18.4 Å². The Morgan fingerprint density at radius 2 is 1.84 bits per heavy atom. The standard InChI is InChI=1S/C16H23BrClN/c1-3-16(4-2)8-10-19(11-9-16)15-13(12-17)6-5-7-14(15)18/h5-7H,3-4,8-12H2,1-2H3. The van der Waals surface area contributed by atoms with Crippen LogP contribution in [0.2, 0.25) is 5.02 Å². The normalized spacial score (nSPS) is 18.6. The Labute approximate surface area is 130 Å². The largest absolute Gasteiger partial charge is 0.370 e. The molecule has 0 N–H and O–H groups in total. The number of hydrogen-bond acceptors (Lipinski definition) is 1. The molecule has 0 amide bonds. The van der Waals surface area contributed by atoms with Crippen molar-refractivity contribution in [2.24, 2.45) is 5.41 Å². The number of alkyl halides is 1. The number of para-hydroxylation sites is 1. The Kier molecular flexibility index (Phi) is 5.19. The summed E-state index contributed by atoms with van der Waals surface area (Å²) < 4.78 is 0. The van der Waals surface area contributed by atoms with E-state index in [0.717, 1.165) is 23.4 Å². The van der Waals surface area contributed by atoms with E-state index in [9.17, 15) is 0 Å². The van der Waals surface area contributed by atoms with Gasteiger partial charge in [0.25, 0.3) is 0 Å². The molecule has 1 heterocycles. The van der Waals surface area contributed by atoms with Crippen LogP contribution in [0.4, 0.5) is 5.69 Å².